The van der Waals surface area contributed by atoms with Crippen LogP contribution in [-0.4, -0.2) is 22.2 Å². The zero-order chi connectivity index (χ0) is 22.2. The van der Waals surface area contributed by atoms with E-state index in [0.29, 0.717) is 27.7 Å². The number of carbonyl (C=O) groups excluding carboxylic acids is 1. The number of thioether (sulfide) groups is 1. The number of para-hydroxylation sites is 1. The van der Waals surface area contributed by atoms with Gasteiger partial charge < -0.3 is 0 Å². The van der Waals surface area contributed by atoms with Gasteiger partial charge in [-0.1, -0.05) is 58.0 Å². The summed E-state index contributed by atoms with van der Waals surface area (Å²) >= 11 is 4.83. The Morgan fingerprint density at radius 3 is 2.44 bits per heavy atom. The van der Waals surface area contributed by atoms with Gasteiger partial charge in [-0.15, -0.1) is 0 Å². The van der Waals surface area contributed by atoms with Crippen molar-refractivity contribution in [1.82, 2.24) is 10.1 Å². The van der Waals surface area contributed by atoms with Crippen LogP contribution in [0.3, 0.4) is 0 Å². The first-order chi connectivity index (χ1) is 15.6. The SMILES string of the molecule is CSc1n[n+]2c(c(=O)[nH]1)-c1ccccc1N(C(=O)c1ccccc1)[C@H]2c1ccc(Br)cc1. The van der Waals surface area contributed by atoms with Gasteiger partial charge in [-0.3, -0.25) is 14.6 Å². The predicted octanol–water partition coefficient (Wildman–Crippen LogP) is 4.42. The molecule has 3 aromatic carbocycles. The molecule has 1 aliphatic rings. The normalized spacial score (nSPS) is 14.6. The maximum absolute atomic E-state index is 13.8. The van der Waals surface area contributed by atoms with E-state index in [2.05, 4.69) is 20.9 Å². The van der Waals surface area contributed by atoms with Gasteiger partial charge in [0.15, 0.2) is 0 Å². The molecule has 5 rings (SSSR count). The Balaban J connectivity index is 1.83. The summed E-state index contributed by atoms with van der Waals surface area (Å²) in [6, 6.07) is 24.3. The minimum Gasteiger partial charge on any atom is -0.291 e. The van der Waals surface area contributed by atoms with E-state index in [9.17, 15) is 9.59 Å². The number of hydrogen-bond acceptors (Lipinski definition) is 4. The highest BCUT2D eigenvalue weighted by molar-refractivity contribution is 9.10. The molecule has 32 heavy (non-hydrogen) atoms. The van der Waals surface area contributed by atoms with E-state index in [4.69, 9.17) is 5.10 Å². The summed E-state index contributed by atoms with van der Waals surface area (Å²) in [6.07, 6.45) is 1.22. The van der Waals surface area contributed by atoms with Gasteiger partial charge in [0.1, 0.15) is 0 Å². The first-order valence-electron chi connectivity index (χ1n) is 9.92. The number of hydrogen-bond donors (Lipinski definition) is 1. The Bertz CT molecular complexity index is 1370. The summed E-state index contributed by atoms with van der Waals surface area (Å²) in [6.45, 7) is 0. The number of H-pyrrole nitrogens is 1. The first-order valence-corrected chi connectivity index (χ1v) is 11.9. The average molecular weight is 506 g/mol. The Kier molecular flexibility index (Phi) is 5.40. The molecule has 6 nitrogen and oxygen atoms in total. The number of benzene rings is 3. The van der Waals surface area contributed by atoms with Gasteiger partial charge in [0.2, 0.25) is 5.16 Å². The van der Waals surface area contributed by atoms with Crippen molar-refractivity contribution in [2.75, 3.05) is 11.2 Å². The second kappa shape index (κ2) is 8.37. The van der Waals surface area contributed by atoms with Crippen molar-refractivity contribution in [2.24, 2.45) is 0 Å². The molecule has 8 heteroatoms. The van der Waals surface area contributed by atoms with Gasteiger partial charge in [-0.2, -0.15) is 0 Å². The first kappa shape index (κ1) is 20.7. The largest absolute Gasteiger partial charge is 0.325 e. The van der Waals surface area contributed by atoms with E-state index in [-0.39, 0.29) is 11.5 Å². The smallest absolute Gasteiger partial charge is 0.291 e. The molecule has 0 saturated heterocycles. The third kappa shape index (κ3) is 3.45. The molecule has 158 valence electrons. The van der Waals surface area contributed by atoms with E-state index >= 15 is 0 Å². The molecule has 4 aromatic rings. The topological polar surface area (TPSA) is 69.9 Å². The molecule has 0 fully saturated rings. The lowest BCUT2D eigenvalue weighted by molar-refractivity contribution is -0.763. The highest BCUT2D eigenvalue weighted by Gasteiger charge is 2.45. The van der Waals surface area contributed by atoms with Crippen molar-refractivity contribution in [3.8, 4) is 11.3 Å². The quantitative estimate of drug-likeness (QED) is 0.330. The van der Waals surface area contributed by atoms with Crippen molar-refractivity contribution >= 4 is 39.3 Å². The highest BCUT2D eigenvalue weighted by Crippen LogP contribution is 2.38. The Morgan fingerprint density at radius 1 is 1.03 bits per heavy atom. The van der Waals surface area contributed by atoms with Crippen molar-refractivity contribution < 1.29 is 9.48 Å². The Hall–Kier alpha value is -3.23. The molecule has 1 N–H and O–H groups in total. The molecule has 0 unspecified atom stereocenters. The van der Waals surface area contributed by atoms with Gasteiger partial charge in [-0.05, 0) is 59.5 Å². The predicted molar refractivity (Wildman–Crippen MR) is 128 cm³/mol. The molecule has 1 atom stereocenters. The second-order valence-electron chi connectivity index (χ2n) is 7.24. The molecular formula is C24H18BrN4O2S+. The van der Waals surface area contributed by atoms with Crippen molar-refractivity contribution in [2.45, 2.75) is 11.3 Å². The van der Waals surface area contributed by atoms with Crippen LogP contribution >= 0.6 is 27.7 Å². The maximum atomic E-state index is 13.8. The Labute approximate surface area is 197 Å². The fourth-order valence-electron chi connectivity index (χ4n) is 3.94. The van der Waals surface area contributed by atoms with Crippen LogP contribution in [0.15, 0.2) is 93.3 Å². The summed E-state index contributed by atoms with van der Waals surface area (Å²) < 4.78 is 2.59. The fraction of sp³-hybridized carbons (Fsp3) is 0.0833. The van der Waals surface area contributed by atoms with Gasteiger partial charge >= 0.3 is 11.3 Å². The fourth-order valence-corrected chi connectivity index (χ4v) is 4.57. The lowest BCUT2D eigenvalue weighted by atomic mass is 10.0. The third-order valence-electron chi connectivity index (χ3n) is 5.36. The molecule has 0 saturated carbocycles. The second-order valence-corrected chi connectivity index (χ2v) is 8.95. The van der Waals surface area contributed by atoms with Crippen LogP contribution in [0, 0.1) is 0 Å². The van der Waals surface area contributed by atoms with Crippen LogP contribution in [0.1, 0.15) is 22.1 Å². The van der Waals surface area contributed by atoms with Crippen molar-refractivity contribution in [3.63, 3.8) is 0 Å². The van der Waals surface area contributed by atoms with Gasteiger partial charge in [0, 0.05) is 20.7 Å². The van der Waals surface area contributed by atoms with E-state index in [0.717, 1.165) is 10.0 Å². The molecule has 0 aliphatic carbocycles. The van der Waals surface area contributed by atoms with Crippen LogP contribution < -0.4 is 15.1 Å². The summed E-state index contributed by atoms with van der Waals surface area (Å²) in [5.74, 6) is -0.170. The monoisotopic (exact) mass is 505 g/mol. The summed E-state index contributed by atoms with van der Waals surface area (Å²) in [5, 5.41) is 5.20. The van der Waals surface area contributed by atoms with Crippen molar-refractivity contribution in [1.29, 1.82) is 0 Å². The summed E-state index contributed by atoms with van der Waals surface area (Å²) in [4.78, 5) is 31.6. The number of nitrogens with zero attached hydrogens (tertiary/aromatic N) is 3. The third-order valence-corrected chi connectivity index (χ3v) is 6.46. The molecule has 1 amide bonds. The number of carbonyl (C=O) groups is 1. The lowest BCUT2D eigenvalue weighted by Gasteiger charge is -2.32. The Morgan fingerprint density at radius 2 is 1.72 bits per heavy atom. The van der Waals surface area contributed by atoms with Crippen LogP contribution in [0.4, 0.5) is 5.69 Å². The molecule has 0 radical (unpaired) electrons. The van der Waals surface area contributed by atoms with E-state index < -0.39 is 6.17 Å². The minimum atomic E-state index is -0.631. The summed E-state index contributed by atoms with van der Waals surface area (Å²) in [7, 11) is 0. The zero-order valence-corrected chi connectivity index (χ0v) is 19.4. The van der Waals surface area contributed by atoms with Gasteiger partial charge in [0.05, 0.1) is 11.3 Å². The van der Waals surface area contributed by atoms with Crippen LogP contribution in [0.2, 0.25) is 0 Å². The standard InChI is InChI=1S/C24H17BrN4O2S/c1-32-24-26-21(30)20-18-9-5-6-10-19(18)28(23(31)16-7-3-2-4-8-16)22(29(20)27-24)15-11-13-17(25)14-12-15/h2-14,22H,1H3/p+1/t22-/m1/s1. The highest BCUT2D eigenvalue weighted by atomic mass is 79.9. The average Bonchev–Trinajstić information content (AvgIpc) is 2.83. The molecule has 0 bridgehead atoms. The number of anilines is 1. The number of rotatable bonds is 3. The summed E-state index contributed by atoms with van der Waals surface area (Å²) in [5.41, 5.74) is 2.89. The minimum absolute atomic E-state index is 0.170. The number of amides is 1. The number of aromatic nitrogens is 3. The van der Waals surface area contributed by atoms with Crippen LogP contribution in [-0.2, 0) is 0 Å². The molecular weight excluding hydrogens is 488 g/mol. The van der Waals surface area contributed by atoms with Crippen LogP contribution in [0.5, 0.6) is 0 Å². The molecule has 1 aliphatic heterocycles. The number of aromatic amines is 1. The van der Waals surface area contributed by atoms with E-state index in [1.807, 2.05) is 73.0 Å². The van der Waals surface area contributed by atoms with E-state index in [1.54, 1.807) is 21.7 Å². The number of nitrogens with one attached hydrogen (secondary N) is 1. The number of fused-ring (bicyclic) bond motifs is 3. The molecule has 1 aromatic heterocycles. The maximum Gasteiger partial charge on any atom is 0.325 e. The number of halogens is 1. The lowest BCUT2D eigenvalue weighted by Crippen LogP contribution is -2.60. The molecule has 2 heterocycles. The van der Waals surface area contributed by atoms with Crippen molar-refractivity contribution in [3.05, 3.63) is 105 Å². The van der Waals surface area contributed by atoms with E-state index in [1.165, 1.54) is 11.8 Å². The van der Waals surface area contributed by atoms with Crippen LogP contribution in [0.25, 0.3) is 11.3 Å². The van der Waals surface area contributed by atoms with Gasteiger partial charge in [0.25, 0.3) is 12.1 Å². The zero-order valence-electron chi connectivity index (χ0n) is 17.0. The van der Waals surface area contributed by atoms with Gasteiger partial charge in [-0.25, -0.2) is 4.90 Å². The molecule has 0 spiro atoms.